The quantitative estimate of drug-likeness (QED) is 0.823. The van der Waals surface area contributed by atoms with Crippen LogP contribution >= 0.6 is 0 Å². The van der Waals surface area contributed by atoms with Crippen LogP contribution in [0.25, 0.3) is 0 Å². The molecule has 0 aromatic heterocycles. The van der Waals surface area contributed by atoms with Crippen LogP contribution in [0.5, 0.6) is 0 Å². The maximum atomic E-state index is 12.5. The standard InChI is InChI=1S/C15H20N2O/c1-11(9-16-4)10-17-13-8-6-5-7-12(13)15(2,3)14(17)18/h5-8,16H,1,9-10H2,2-4H3. The van der Waals surface area contributed by atoms with E-state index in [0.29, 0.717) is 6.54 Å². The number of fused-ring (bicyclic) bond motifs is 1. The first-order valence-electron chi connectivity index (χ1n) is 6.21. The Labute approximate surface area is 108 Å². The third-order valence-electron chi connectivity index (χ3n) is 3.46. The Balaban J connectivity index is 2.33. The molecule has 0 spiro atoms. The molecule has 96 valence electrons. The van der Waals surface area contributed by atoms with Crippen LogP contribution in [0, 0.1) is 0 Å². The predicted molar refractivity (Wildman–Crippen MR) is 74.9 cm³/mol. The summed E-state index contributed by atoms with van der Waals surface area (Å²) < 4.78 is 0. The van der Waals surface area contributed by atoms with E-state index in [0.717, 1.165) is 23.4 Å². The number of rotatable bonds is 4. The average Bonchev–Trinajstić information content (AvgIpc) is 2.52. The summed E-state index contributed by atoms with van der Waals surface area (Å²) in [6, 6.07) is 8.00. The highest BCUT2D eigenvalue weighted by atomic mass is 16.2. The van der Waals surface area contributed by atoms with Crippen molar-refractivity contribution in [1.29, 1.82) is 0 Å². The molecular formula is C15H20N2O. The van der Waals surface area contributed by atoms with Crippen molar-refractivity contribution >= 4 is 11.6 Å². The maximum absolute atomic E-state index is 12.5. The number of amides is 1. The number of carbonyl (C=O) groups is 1. The summed E-state index contributed by atoms with van der Waals surface area (Å²) in [5.74, 6) is 0.154. The van der Waals surface area contributed by atoms with Gasteiger partial charge in [-0.1, -0.05) is 24.8 Å². The SMILES string of the molecule is C=C(CNC)CN1C(=O)C(C)(C)c2ccccc21. The molecule has 0 unspecified atom stereocenters. The zero-order valence-corrected chi connectivity index (χ0v) is 11.3. The van der Waals surface area contributed by atoms with Crippen molar-refractivity contribution in [2.45, 2.75) is 19.3 Å². The van der Waals surface area contributed by atoms with Crippen LogP contribution in [0.15, 0.2) is 36.4 Å². The molecule has 1 aliphatic heterocycles. The van der Waals surface area contributed by atoms with E-state index in [9.17, 15) is 4.79 Å². The molecule has 1 heterocycles. The molecular weight excluding hydrogens is 224 g/mol. The van der Waals surface area contributed by atoms with E-state index in [1.54, 1.807) is 0 Å². The minimum Gasteiger partial charge on any atom is -0.316 e. The van der Waals surface area contributed by atoms with Gasteiger partial charge in [-0.05, 0) is 38.1 Å². The third-order valence-corrected chi connectivity index (χ3v) is 3.46. The molecule has 0 saturated heterocycles. The zero-order chi connectivity index (χ0) is 13.3. The highest BCUT2D eigenvalue weighted by Crippen LogP contribution is 2.41. The minimum absolute atomic E-state index is 0.154. The number of benzene rings is 1. The first kappa shape index (κ1) is 12.8. The van der Waals surface area contributed by atoms with Crippen LogP contribution in [0.3, 0.4) is 0 Å². The van der Waals surface area contributed by atoms with Crippen molar-refractivity contribution in [3.05, 3.63) is 42.0 Å². The van der Waals surface area contributed by atoms with Crippen LogP contribution in [0.4, 0.5) is 5.69 Å². The number of carbonyl (C=O) groups excluding carboxylic acids is 1. The molecule has 0 radical (unpaired) electrons. The van der Waals surface area contributed by atoms with Gasteiger partial charge in [0, 0.05) is 18.8 Å². The highest BCUT2D eigenvalue weighted by Gasteiger charge is 2.43. The van der Waals surface area contributed by atoms with Gasteiger partial charge in [-0.25, -0.2) is 0 Å². The molecule has 2 rings (SSSR count). The van der Waals surface area contributed by atoms with Crippen molar-refractivity contribution in [2.24, 2.45) is 0 Å². The van der Waals surface area contributed by atoms with Gasteiger partial charge < -0.3 is 10.2 Å². The lowest BCUT2D eigenvalue weighted by atomic mass is 9.86. The largest absolute Gasteiger partial charge is 0.316 e. The Morgan fingerprint density at radius 3 is 2.72 bits per heavy atom. The summed E-state index contributed by atoms with van der Waals surface area (Å²) in [6.45, 7) is 9.28. The lowest BCUT2D eigenvalue weighted by Crippen LogP contribution is -2.38. The summed E-state index contributed by atoms with van der Waals surface area (Å²) in [4.78, 5) is 14.3. The summed E-state index contributed by atoms with van der Waals surface area (Å²) in [6.07, 6.45) is 0. The van der Waals surface area contributed by atoms with Crippen LogP contribution in [-0.2, 0) is 10.2 Å². The monoisotopic (exact) mass is 244 g/mol. The van der Waals surface area contributed by atoms with Crippen LogP contribution < -0.4 is 10.2 Å². The number of likely N-dealkylation sites (N-methyl/N-ethyl adjacent to an activating group) is 1. The summed E-state index contributed by atoms with van der Waals surface area (Å²) in [7, 11) is 1.88. The average molecular weight is 244 g/mol. The molecule has 0 bridgehead atoms. The number of anilines is 1. The molecule has 0 fully saturated rings. The van der Waals surface area contributed by atoms with Gasteiger partial charge in [0.1, 0.15) is 0 Å². The molecule has 3 heteroatoms. The fraction of sp³-hybridized carbons (Fsp3) is 0.400. The van der Waals surface area contributed by atoms with Crippen molar-refractivity contribution in [3.8, 4) is 0 Å². The van der Waals surface area contributed by atoms with Gasteiger partial charge in [0.05, 0.1) is 5.41 Å². The van der Waals surface area contributed by atoms with Crippen molar-refractivity contribution in [1.82, 2.24) is 5.32 Å². The van der Waals surface area contributed by atoms with Gasteiger partial charge in [-0.15, -0.1) is 0 Å². The second-order valence-corrected chi connectivity index (χ2v) is 5.31. The molecule has 0 saturated carbocycles. The summed E-state index contributed by atoms with van der Waals surface area (Å²) in [5.41, 5.74) is 2.70. The smallest absolute Gasteiger partial charge is 0.237 e. The van der Waals surface area contributed by atoms with E-state index >= 15 is 0 Å². The van der Waals surface area contributed by atoms with E-state index in [4.69, 9.17) is 0 Å². The van der Waals surface area contributed by atoms with E-state index in [1.807, 2.05) is 50.1 Å². The Kier molecular flexibility index (Phi) is 3.26. The zero-order valence-electron chi connectivity index (χ0n) is 11.3. The minimum atomic E-state index is -0.434. The summed E-state index contributed by atoms with van der Waals surface area (Å²) >= 11 is 0. The Morgan fingerprint density at radius 1 is 1.39 bits per heavy atom. The number of nitrogens with one attached hydrogen (secondary N) is 1. The van der Waals surface area contributed by atoms with Gasteiger partial charge in [0.2, 0.25) is 5.91 Å². The van der Waals surface area contributed by atoms with Gasteiger partial charge in [0.15, 0.2) is 0 Å². The van der Waals surface area contributed by atoms with Crippen molar-refractivity contribution in [2.75, 3.05) is 25.0 Å². The number of hydrogen-bond acceptors (Lipinski definition) is 2. The lowest BCUT2D eigenvalue weighted by Gasteiger charge is -2.21. The second kappa shape index (κ2) is 4.58. The first-order chi connectivity index (χ1) is 8.48. The molecule has 1 aromatic rings. The Bertz CT molecular complexity index is 491. The van der Waals surface area contributed by atoms with E-state index < -0.39 is 5.41 Å². The topological polar surface area (TPSA) is 32.3 Å². The highest BCUT2D eigenvalue weighted by molar-refractivity contribution is 6.07. The second-order valence-electron chi connectivity index (χ2n) is 5.31. The first-order valence-corrected chi connectivity index (χ1v) is 6.21. The molecule has 1 N–H and O–H groups in total. The molecule has 3 nitrogen and oxygen atoms in total. The van der Waals surface area contributed by atoms with Crippen molar-refractivity contribution < 1.29 is 4.79 Å². The Morgan fingerprint density at radius 2 is 2.06 bits per heavy atom. The Hall–Kier alpha value is -1.61. The third kappa shape index (κ3) is 1.95. The predicted octanol–water partition coefficient (Wildman–Crippen LogP) is 2.09. The number of hydrogen-bond donors (Lipinski definition) is 1. The van der Waals surface area contributed by atoms with Crippen LogP contribution in [0.1, 0.15) is 19.4 Å². The fourth-order valence-electron chi connectivity index (χ4n) is 2.49. The molecule has 0 aliphatic carbocycles. The molecule has 1 aliphatic rings. The summed E-state index contributed by atoms with van der Waals surface area (Å²) in [5, 5.41) is 3.06. The molecule has 1 amide bonds. The van der Waals surface area contributed by atoms with Gasteiger partial charge in [0.25, 0.3) is 0 Å². The lowest BCUT2D eigenvalue weighted by molar-refractivity contribution is -0.122. The van der Waals surface area contributed by atoms with Gasteiger partial charge >= 0.3 is 0 Å². The number of para-hydroxylation sites is 1. The van der Waals surface area contributed by atoms with Gasteiger partial charge in [-0.2, -0.15) is 0 Å². The van der Waals surface area contributed by atoms with Crippen molar-refractivity contribution in [3.63, 3.8) is 0 Å². The molecule has 18 heavy (non-hydrogen) atoms. The van der Waals surface area contributed by atoms with Crippen LogP contribution in [-0.4, -0.2) is 26.0 Å². The molecule has 0 atom stereocenters. The van der Waals surface area contributed by atoms with Crippen LogP contribution in [0.2, 0.25) is 0 Å². The maximum Gasteiger partial charge on any atom is 0.237 e. The molecule has 1 aromatic carbocycles. The fourth-order valence-corrected chi connectivity index (χ4v) is 2.49. The van der Waals surface area contributed by atoms with E-state index in [-0.39, 0.29) is 5.91 Å². The normalized spacial score (nSPS) is 16.8. The number of nitrogens with zero attached hydrogens (tertiary/aromatic N) is 1. The van der Waals surface area contributed by atoms with E-state index in [2.05, 4.69) is 11.9 Å². The van der Waals surface area contributed by atoms with E-state index in [1.165, 1.54) is 0 Å². The van der Waals surface area contributed by atoms with Gasteiger partial charge in [-0.3, -0.25) is 4.79 Å².